The fourth-order valence-electron chi connectivity index (χ4n) is 4.44. The Kier molecular flexibility index (Phi) is 8.76. The molecule has 3 nitrogen and oxygen atoms in total. The number of rotatable bonds is 12. The van der Waals surface area contributed by atoms with Crippen LogP contribution in [0, 0.1) is 0 Å². The summed E-state index contributed by atoms with van der Waals surface area (Å²) in [5.74, 6) is 0.956. The third-order valence-corrected chi connectivity index (χ3v) is 6.63. The van der Waals surface area contributed by atoms with Crippen molar-refractivity contribution < 1.29 is 4.74 Å². The van der Waals surface area contributed by atoms with E-state index >= 15 is 0 Å². The zero-order valence-electron chi connectivity index (χ0n) is 19.3. The van der Waals surface area contributed by atoms with Crippen LogP contribution in [0.25, 0.3) is 0 Å². The summed E-state index contributed by atoms with van der Waals surface area (Å²) in [5, 5.41) is 4.24. The molecular formula is C29H34N2OS. The smallest absolute Gasteiger partial charge is 0.169 e. The summed E-state index contributed by atoms with van der Waals surface area (Å²) in [4.78, 5) is 2.33. The lowest BCUT2D eigenvalue weighted by atomic mass is 10.1. The number of ether oxygens (including phenoxy) is 1. The Morgan fingerprint density at radius 3 is 2.21 bits per heavy atom. The number of hydrogen-bond acceptors (Lipinski definition) is 2. The Bertz CT molecular complexity index is 993. The Labute approximate surface area is 203 Å². The van der Waals surface area contributed by atoms with E-state index in [9.17, 15) is 0 Å². The predicted molar refractivity (Wildman–Crippen MR) is 141 cm³/mol. The monoisotopic (exact) mass is 458 g/mol. The molecule has 0 saturated carbocycles. The van der Waals surface area contributed by atoms with Crippen molar-refractivity contribution in [3.63, 3.8) is 0 Å². The van der Waals surface area contributed by atoms with Crippen molar-refractivity contribution in [1.29, 1.82) is 0 Å². The number of thiocarbonyl (C=S) groups is 1. The molecule has 1 N–H and O–H groups in total. The van der Waals surface area contributed by atoms with Crippen LogP contribution < -0.4 is 10.1 Å². The van der Waals surface area contributed by atoms with Crippen LogP contribution in [0.1, 0.15) is 48.4 Å². The first-order valence-corrected chi connectivity index (χ1v) is 12.6. The van der Waals surface area contributed by atoms with Crippen LogP contribution in [0.3, 0.4) is 0 Å². The van der Waals surface area contributed by atoms with Crippen molar-refractivity contribution in [2.45, 2.75) is 44.6 Å². The summed E-state index contributed by atoms with van der Waals surface area (Å²) in [7, 11) is 0. The first kappa shape index (κ1) is 23.3. The molecule has 0 amide bonds. The minimum Gasteiger partial charge on any atom is -0.494 e. The van der Waals surface area contributed by atoms with Crippen molar-refractivity contribution in [2.24, 2.45) is 0 Å². The van der Waals surface area contributed by atoms with Crippen molar-refractivity contribution in [2.75, 3.05) is 19.7 Å². The molecule has 1 fully saturated rings. The highest BCUT2D eigenvalue weighted by Gasteiger charge is 2.28. The molecule has 3 aromatic rings. The second-order valence-corrected chi connectivity index (χ2v) is 9.09. The number of nitrogens with zero attached hydrogens (tertiary/aromatic N) is 1. The number of nitrogens with one attached hydrogen (secondary N) is 1. The summed E-state index contributed by atoms with van der Waals surface area (Å²) in [6, 6.07) is 30.2. The molecule has 0 radical (unpaired) electrons. The average molecular weight is 459 g/mol. The van der Waals surface area contributed by atoms with Gasteiger partial charge in [-0.2, -0.15) is 0 Å². The molecule has 1 aliphatic rings. The van der Waals surface area contributed by atoms with E-state index in [2.05, 4.69) is 95.1 Å². The molecule has 1 saturated heterocycles. The van der Waals surface area contributed by atoms with E-state index in [1.54, 1.807) is 0 Å². The minimum absolute atomic E-state index is 0.266. The molecule has 1 heterocycles. The van der Waals surface area contributed by atoms with Gasteiger partial charge in [0.1, 0.15) is 5.75 Å². The molecule has 172 valence electrons. The number of aryl methyl sites for hydroxylation is 2. The minimum atomic E-state index is 0.266. The summed E-state index contributed by atoms with van der Waals surface area (Å²) in [6.07, 6.45) is 6.77. The standard InChI is InChI=1S/C29H34N2OS/c33-29-30-23-28(31(29)20-11-17-25-14-6-2-7-15-25)26-18-10-19-27(22-26)32-21-9-3-8-16-24-12-4-1-5-13-24/h1-2,4-7,10,12-15,18-19,22,28H,3,8-9,11,16-17,20-21,23H2,(H,30,33). The van der Waals surface area contributed by atoms with Crippen LogP contribution in [-0.2, 0) is 12.8 Å². The Hall–Kier alpha value is -2.85. The van der Waals surface area contributed by atoms with Gasteiger partial charge in [-0.3, -0.25) is 0 Å². The van der Waals surface area contributed by atoms with Crippen LogP contribution in [0.2, 0.25) is 0 Å². The van der Waals surface area contributed by atoms with Gasteiger partial charge in [-0.15, -0.1) is 0 Å². The van der Waals surface area contributed by atoms with Crippen molar-refractivity contribution in [3.05, 3.63) is 102 Å². The molecule has 1 unspecified atom stereocenters. The van der Waals surface area contributed by atoms with Gasteiger partial charge < -0.3 is 15.0 Å². The summed E-state index contributed by atoms with van der Waals surface area (Å²) < 4.78 is 6.09. The first-order valence-electron chi connectivity index (χ1n) is 12.1. The Balaban J connectivity index is 1.23. The van der Waals surface area contributed by atoms with Crippen LogP contribution in [0.5, 0.6) is 5.75 Å². The Morgan fingerprint density at radius 1 is 0.788 bits per heavy atom. The van der Waals surface area contributed by atoms with Gasteiger partial charge in [0.15, 0.2) is 5.11 Å². The molecular weight excluding hydrogens is 424 g/mol. The molecule has 33 heavy (non-hydrogen) atoms. The summed E-state index contributed by atoms with van der Waals surface area (Å²) in [5.41, 5.74) is 4.07. The molecule has 1 aliphatic heterocycles. The average Bonchev–Trinajstić information content (AvgIpc) is 3.23. The number of benzene rings is 3. The molecule has 0 aromatic heterocycles. The van der Waals surface area contributed by atoms with Crippen LogP contribution in [0.4, 0.5) is 0 Å². The van der Waals surface area contributed by atoms with Gasteiger partial charge in [-0.25, -0.2) is 0 Å². The highest BCUT2D eigenvalue weighted by Crippen LogP contribution is 2.28. The third-order valence-electron chi connectivity index (χ3n) is 6.26. The van der Waals surface area contributed by atoms with E-state index in [-0.39, 0.29) is 6.04 Å². The second kappa shape index (κ2) is 12.4. The van der Waals surface area contributed by atoms with E-state index < -0.39 is 0 Å². The SMILES string of the molecule is S=C1NCC(c2cccc(OCCCCCc3ccccc3)c2)N1CCCc1ccccc1. The topological polar surface area (TPSA) is 24.5 Å². The lowest BCUT2D eigenvalue weighted by Crippen LogP contribution is -2.30. The third kappa shape index (κ3) is 7.06. The molecule has 0 bridgehead atoms. The molecule has 4 rings (SSSR count). The Morgan fingerprint density at radius 2 is 1.48 bits per heavy atom. The van der Waals surface area contributed by atoms with E-state index in [1.807, 2.05) is 0 Å². The van der Waals surface area contributed by atoms with Gasteiger partial charge in [0.2, 0.25) is 0 Å². The zero-order chi connectivity index (χ0) is 22.7. The van der Waals surface area contributed by atoms with E-state index in [0.29, 0.717) is 0 Å². The van der Waals surface area contributed by atoms with E-state index in [4.69, 9.17) is 17.0 Å². The molecule has 0 spiro atoms. The van der Waals surface area contributed by atoms with Gasteiger partial charge in [0.25, 0.3) is 0 Å². The molecule has 4 heteroatoms. The van der Waals surface area contributed by atoms with Gasteiger partial charge >= 0.3 is 0 Å². The fraction of sp³-hybridized carbons (Fsp3) is 0.345. The predicted octanol–water partition coefficient (Wildman–Crippen LogP) is 6.34. The van der Waals surface area contributed by atoms with Gasteiger partial charge in [0.05, 0.1) is 12.6 Å². The maximum absolute atomic E-state index is 6.09. The molecule has 0 aliphatic carbocycles. The number of hydrogen-bond donors (Lipinski definition) is 1. The fourth-order valence-corrected chi connectivity index (χ4v) is 4.75. The zero-order valence-corrected chi connectivity index (χ0v) is 20.1. The van der Waals surface area contributed by atoms with Crippen molar-refractivity contribution in [1.82, 2.24) is 10.2 Å². The normalized spacial score (nSPS) is 15.5. The van der Waals surface area contributed by atoms with Crippen LogP contribution in [0.15, 0.2) is 84.9 Å². The summed E-state index contributed by atoms with van der Waals surface area (Å²) in [6.45, 7) is 2.57. The maximum atomic E-state index is 6.09. The van der Waals surface area contributed by atoms with E-state index in [0.717, 1.165) is 56.2 Å². The highest BCUT2D eigenvalue weighted by molar-refractivity contribution is 7.80. The van der Waals surface area contributed by atoms with Crippen LogP contribution in [-0.4, -0.2) is 29.7 Å². The van der Waals surface area contributed by atoms with Gasteiger partial charge in [-0.1, -0.05) is 72.8 Å². The van der Waals surface area contributed by atoms with Crippen molar-refractivity contribution in [3.8, 4) is 5.75 Å². The van der Waals surface area contributed by atoms with Crippen LogP contribution >= 0.6 is 12.2 Å². The molecule has 3 aromatic carbocycles. The number of unbranched alkanes of at least 4 members (excludes halogenated alkanes) is 2. The lowest BCUT2D eigenvalue weighted by molar-refractivity contribution is 0.303. The second-order valence-electron chi connectivity index (χ2n) is 8.70. The lowest BCUT2D eigenvalue weighted by Gasteiger charge is -2.25. The van der Waals surface area contributed by atoms with Gasteiger partial charge in [0, 0.05) is 13.1 Å². The quantitative estimate of drug-likeness (QED) is 0.253. The highest BCUT2D eigenvalue weighted by atomic mass is 32.1. The maximum Gasteiger partial charge on any atom is 0.169 e. The summed E-state index contributed by atoms with van der Waals surface area (Å²) >= 11 is 5.61. The van der Waals surface area contributed by atoms with E-state index in [1.165, 1.54) is 29.5 Å². The van der Waals surface area contributed by atoms with Gasteiger partial charge in [-0.05, 0) is 79.6 Å². The largest absolute Gasteiger partial charge is 0.494 e. The first-order chi connectivity index (χ1) is 16.3. The van der Waals surface area contributed by atoms with Crippen molar-refractivity contribution >= 4 is 17.3 Å². The molecule has 1 atom stereocenters.